The number of aryl methyl sites for hydroxylation is 1. The Bertz CT molecular complexity index is 937. The van der Waals surface area contributed by atoms with Crippen LogP contribution in [0.4, 0.5) is 5.69 Å². The molecule has 2 aromatic heterocycles. The molecule has 3 rings (SSSR count). The number of aromatic nitrogens is 2. The number of benzene rings is 1. The number of amides is 1. The Morgan fingerprint density at radius 2 is 1.92 bits per heavy atom. The van der Waals surface area contributed by atoms with Crippen molar-refractivity contribution in [1.29, 1.82) is 0 Å². The van der Waals surface area contributed by atoms with E-state index in [1.807, 2.05) is 0 Å². The van der Waals surface area contributed by atoms with Crippen LogP contribution in [0.3, 0.4) is 0 Å². The molecule has 2 heterocycles. The zero-order valence-corrected chi connectivity index (χ0v) is 14.5. The Balaban J connectivity index is 1.53. The van der Waals surface area contributed by atoms with Crippen LogP contribution in [0.1, 0.15) is 6.42 Å². The molecule has 1 aromatic carbocycles. The zero-order chi connectivity index (χ0) is 18.4. The van der Waals surface area contributed by atoms with E-state index in [4.69, 9.17) is 16.3 Å². The molecule has 0 unspecified atom stereocenters. The molecule has 1 N–H and O–H groups in total. The highest BCUT2D eigenvalue weighted by atomic mass is 35.5. The van der Waals surface area contributed by atoms with E-state index in [1.165, 1.54) is 16.8 Å². The van der Waals surface area contributed by atoms with Gasteiger partial charge in [0.2, 0.25) is 11.8 Å². The minimum atomic E-state index is -0.200. The molecule has 1 amide bonds. The molecular formula is C19H16ClN3O3. The molecule has 0 atom stereocenters. The molecule has 26 heavy (non-hydrogen) atoms. The number of halogens is 1. The van der Waals surface area contributed by atoms with Gasteiger partial charge in [0.1, 0.15) is 5.75 Å². The summed E-state index contributed by atoms with van der Waals surface area (Å²) in [5.41, 5.74) is 0.421. The van der Waals surface area contributed by atoms with Crippen molar-refractivity contribution in [1.82, 2.24) is 9.55 Å². The summed E-state index contributed by atoms with van der Waals surface area (Å²) in [6.07, 6.45) is 3.35. The van der Waals surface area contributed by atoms with Crippen molar-refractivity contribution in [2.45, 2.75) is 13.0 Å². The molecule has 3 aromatic rings. The molecule has 0 aliphatic carbocycles. The summed E-state index contributed by atoms with van der Waals surface area (Å²) in [5.74, 6) is 0.821. The second kappa shape index (κ2) is 8.31. The number of pyridine rings is 2. The third-order valence-electron chi connectivity index (χ3n) is 3.53. The predicted molar refractivity (Wildman–Crippen MR) is 99.7 cm³/mol. The van der Waals surface area contributed by atoms with E-state index >= 15 is 0 Å². The Morgan fingerprint density at radius 1 is 1.12 bits per heavy atom. The van der Waals surface area contributed by atoms with Crippen LogP contribution in [0.25, 0.3) is 0 Å². The van der Waals surface area contributed by atoms with Crippen molar-refractivity contribution in [2.75, 3.05) is 5.32 Å². The number of hydrogen-bond donors (Lipinski definition) is 1. The highest BCUT2D eigenvalue weighted by Gasteiger charge is 2.05. The lowest BCUT2D eigenvalue weighted by molar-refractivity contribution is -0.116. The first-order chi connectivity index (χ1) is 12.6. The summed E-state index contributed by atoms with van der Waals surface area (Å²) in [6, 6.07) is 15.2. The number of nitrogens with zero attached hydrogens (tertiary/aromatic N) is 2. The molecule has 7 heteroatoms. The highest BCUT2D eigenvalue weighted by Crippen LogP contribution is 2.22. The van der Waals surface area contributed by atoms with E-state index in [9.17, 15) is 9.59 Å². The first-order valence-corrected chi connectivity index (χ1v) is 8.33. The summed E-state index contributed by atoms with van der Waals surface area (Å²) >= 11 is 5.83. The predicted octanol–water partition coefficient (Wildman–Crippen LogP) is 3.72. The topological polar surface area (TPSA) is 73.2 Å². The van der Waals surface area contributed by atoms with E-state index in [2.05, 4.69) is 10.3 Å². The maximum Gasteiger partial charge on any atom is 0.250 e. The SMILES string of the molecule is O=C(CCn1ccccc1=O)Nc1ccc(Oc2ccc(Cl)cc2)nc1. The van der Waals surface area contributed by atoms with Crippen molar-refractivity contribution in [3.05, 3.63) is 82.4 Å². The minimum absolute atomic E-state index is 0.134. The lowest BCUT2D eigenvalue weighted by atomic mass is 10.3. The monoisotopic (exact) mass is 369 g/mol. The number of anilines is 1. The minimum Gasteiger partial charge on any atom is -0.439 e. The number of ether oxygens (including phenoxy) is 1. The standard InChI is InChI=1S/C19H16ClN3O3/c20-14-4-7-16(8-5-14)26-18-9-6-15(13-21-18)22-17(24)10-12-23-11-2-1-3-19(23)25/h1-9,11,13H,10,12H2,(H,22,24). The summed E-state index contributed by atoms with van der Waals surface area (Å²) < 4.78 is 7.08. The number of carbonyl (C=O) groups is 1. The van der Waals surface area contributed by atoms with Crippen LogP contribution in [0, 0.1) is 0 Å². The van der Waals surface area contributed by atoms with Gasteiger partial charge in [0.05, 0.1) is 11.9 Å². The van der Waals surface area contributed by atoms with Crippen LogP contribution < -0.4 is 15.6 Å². The Kier molecular flexibility index (Phi) is 5.66. The first-order valence-electron chi connectivity index (χ1n) is 7.95. The molecule has 0 bridgehead atoms. The quantitative estimate of drug-likeness (QED) is 0.718. The van der Waals surface area contributed by atoms with Crippen LogP contribution >= 0.6 is 11.6 Å². The summed E-state index contributed by atoms with van der Waals surface area (Å²) in [6.45, 7) is 0.316. The summed E-state index contributed by atoms with van der Waals surface area (Å²) in [5, 5.41) is 3.37. The van der Waals surface area contributed by atoms with Gasteiger partial charge >= 0.3 is 0 Å². The fourth-order valence-electron chi connectivity index (χ4n) is 2.23. The molecule has 0 saturated carbocycles. The summed E-state index contributed by atoms with van der Waals surface area (Å²) in [7, 11) is 0. The van der Waals surface area contributed by atoms with Gasteiger partial charge in [0.15, 0.2) is 0 Å². The lowest BCUT2D eigenvalue weighted by Gasteiger charge is -2.08. The number of nitrogens with one attached hydrogen (secondary N) is 1. The van der Waals surface area contributed by atoms with Crippen molar-refractivity contribution in [3.8, 4) is 11.6 Å². The van der Waals surface area contributed by atoms with Gasteiger partial charge in [0.25, 0.3) is 5.56 Å². The average molecular weight is 370 g/mol. The van der Waals surface area contributed by atoms with Gasteiger partial charge in [-0.1, -0.05) is 17.7 Å². The van der Waals surface area contributed by atoms with Gasteiger partial charge < -0.3 is 14.6 Å². The van der Waals surface area contributed by atoms with E-state index in [0.29, 0.717) is 28.9 Å². The zero-order valence-electron chi connectivity index (χ0n) is 13.8. The second-order valence-corrected chi connectivity index (χ2v) is 5.91. The summed E-state index contributed by atoms with van der Waals surface area (Å²) in [4.78, 5) is 27.8. The largest absolute Gasteiger partial charge is 0.439 e. The average Bonchev–Trinajstić information content (AvgIpc) is 2.64. The van der Waals surface area contributed by atoms with Gasteiger partial charge in [-0.2, -0.15) is 0 Å². The van der Waals surface area contributed by atoms with Gasteiger partial charge in [-0.3, -0.25) is 9.59 Å². The van der Waals surface area contributed by atoms with Crippen molar-refractivity contribution in [2.24, 2.45) is 0 Å². The maximum absolute atomic E-state index is 12.0. The Hall–Kier alpha value is -3.12. The van der Waals surface area contributed by atoms with E-state index in [0.717, 1.165) is 0 Å². The Labute approximate surface area is 155 Å². The Morgan fingerprint density at radius 3 is 2.62 bits per heavy atom. The fraction of sp³-hybridized carbons (Fsp3) is 0.105. The molecule has 0 aliphatic rings. The van der Waals surface area contributed by atoms with Crippen LogP contribution in [0.5, 0.6) is 11.6 Å². The molecule has 6 nitrogen and oxygen atoms in total. The second-order valence-electron chi connectivity index (χ2n) is 5.47. The third kappa shape index (κ3) is 4.94. The van der Waals surface area contributed by atoms with Crippen LogP contribution in [-0.4, -0.2) is 15.5 Å². The third-order valence-corrected chi connectivity index (χ3v) is 3.79. The fourth-order valence-corrected chi connectivity index (χ4v) is 2.35. The van der Waals surface area contributed by atoms with Gasteiger partial charge in [-0.25, -0.2) is 4.98 Å². The number of hydrogen-bond acceptors (Lipinski definition) is 4. The maximum atomic E-state index is 12.0. The molecule has 132 valence electrons. The highest BCUT2D eigenvalue weighted by molar-refractivity contribution is 6.30. The number of carbonyl (C=O) groups excluding carboxylic acids is 1. The molecule has 0 spiro atoms. The smallest absolute Gasteiger partial charge is 0.250 e. The first kappa shape index (κ1) is 17.7. The van der Waals surface area contributed by atoms with Crippen molar-refractivity contribution < 1.29 is 9.53 Å². The van der Waals surface area contributed by atoms with Crippen LogP contribution in [0.15, 0.2) is 71.8 Å². The van der Waals surface area contributed by atoms with E-state index < -0.39 is 0 Å². The van der Waals surface area contributed by atoms with Gasteiger partial charge in [-0.05, 0) is 36.4 Å². The van der Waals surface area contributed by atoms with Crippen LogP contribution in [-0.2, 0) is 11.3 Å². The molecular weight excluding hydrogens is 354 g/mol. The molecule has 0 radical (unpaired) electrons. The van der Waals surface area contributed by atoms with Gasteiger partial charge in [-0.15, -0.1) is 0 Å². The van der Waals surface area contributed by atoms with Crippen molar-refractivity contribution in [3.63, 3.8) is 0 Å². The molecule has 0 aliphatic heterocycles. The molecule has 0 fully saturated rings. The van der Waals surface area contributed by atoms with Gasteiger partial charge in [0, 0.05) is 36.3 Å². The van der Waals surface area contributed by atoms with Crippen LogP contribution in [0.2, 0.25) is 5.02 Å². The lowest BCUT2D eigenvalue weighted by Crippen LogP contribution is -2.21. The van der Waals surface area contributed by atoms with E-state index in [-0.39, 0.29) is 17.9 Å². The van der Waals surface area contributed by atoms with E-state index in [1.54, 1.807) is 54.7 Å². The van der Waals surface area contributed by atoms with Crippen molar-refractivity contribution >= 4 is 23.2 Å². The normalized spacial score (nSPS) is 10.3. The number of rotatable bonds is 6. The molecule has 0 saturated heterocycles.